The van der Waals surface area contributed by atoms with E-state index in [9.17, 15) is 9.59 Å². The summed E-state index contributed by atoms with van der Waals surface area (Å²) in [5.74, 6) is -0.133. The van der Waals surface area contributed by atoms with Gasteiger partial charge in [0.25, 0.3) is 5.56 Å². The SMILES string of the molecule is Cc1ccc(C)c(NC(=O)Cn2c(C)c3cnn(-c4ccccc4)c(=O)c3c2C)c1. The van der Waals surface area contributed by atoms with Crippen molar-refractivity contribution in [3.63, 3.8) is 0 Å². The molecule has 0 bridgehead atoms. The Kier molecular flexibility index (Phi) is 4.99. The summed E-state index contributed by atoms with van der Waals surface area (Å²) >= 11 is 0. The highest BCUT2D eigenvalue weighted by atomic mass is 16.2. The van der Waals surface area contributed by atoms with Gasteiger partial charge in [0.05, 0.1) is 17.3 Å². The second-order valence-electron chi connectivity index (χ2n) is 7.61. The van der Waals surface area contributed by atoms with E-state index in [1.54, 1.807) is 6.20 Å². The number of hydrogen-bond acceptors (Lipinski definition) is 3. The van der Waals surface area contributed by atoms with Crippen LogP contribution in [-0.4, -0.2) is 20.3 Å². The van der Waals surface area contributed by atoms with Crippen molar-refractivity contribution in [1.29, 1.82) is 0 Å². The normalized spacial score (nSPS) is 11.1. The lowest BCUT2D eigenvalue weighted by Crippen LogP contribution is -2.22. The molecule has 0 radical (unpaired) electrons. The quantitative estimate of drug-likeness (QED) is 0.562. The zero-order chi connectivity index (χ0) is 21.4. The fraction of sp³-hybridized carbons (Fsp3) is 0.208. The first-order chi connectivity index (χ1) is 14.4. The number of nitrogens with one attached hydrogen (secondary N) is 1. The first-order valence-electron chi connectivity index (χ1n) is 9.87. The molecule has 152 valence electrons. The summed E-state index contributed by atoms with van der Waals surface area (Å²) in [6.07, 6.45) is 1.70. The Morgan fingerprint density at radius 1 is 1.00 bits per heavy atom. The molecule has 4 aromatic rings. The van der Waals surface area contributed by atoms with E-state index in [0.29, 0.717) is 11.1 Å². The van der Waals surface area contributed by atoms with Crippen molar-refractivity contribution in [2.24, 2.45) is 0 Å². The summed E-state index contributed by atoms with van der Waals surface area (Å²) < 4.78 is 3.28. The van der Waals surface area contributed by atoms with Crippen LogP contribution in [0.25, 0.3) is 16.5 Å². The van der Waals surface area contributed by atoms with Gasteiger partial charge in [0.2, 0.25) is 5.91 Å². The van der Waals surface area contributed by atoms with E-state index in [2.05, 4.69) is 10.4 Å². The second kappa shape index (κ2) is 7.63. The number of carbonyl (C=O) groups excluding carboxylic acids is 1. The van der Waals surface area contributed by atoms with E-state index in [1.165, 1.54) is 4.68 Å². The van der Waals surface area contributed by atoms with Gasteiger partial charge in [-0.15, -0.1) is 0 Å². The van der Waals surface area contributed by atoms with Gasteiger partial charge in [0.1, 0.15) is 6.54 Å². The van der Waals surface area contributed by atoms with Gasteiger partial charge in [-0.2, -0.15) is 9.78 Å². The summed E-state index contributed by atoms with van der Waals surface area (Å²) in [4.78, 5) is 25.9. The number of para-hydroxylation sites is 1. The number of amides is 1. The van der Waals surface area contributed by atoms with Gasteiger partial charge in [0.15, 0.2) is 0 Å². The standard InChI is InChI=1S/C24H24N4O2/c1-15-10-11-16(2)21(12-15)26-22(29)14-27-17(3)20-13-25-28(19-8-6-5-7-9-19)24(30)23(20)18(27)4/h5-13H,14H2,1-4H3,(H,26,29). The van der Waals surface area contributed by atoms with Crippen molar-refractivity contribution in [2.75, 3.05) is 5.32 Å². The van der Waals surface area contributed by atoms with E-state index < -0.39 is 0 Å². The highest BCUT2D eigenvalue weighted by Crippen LogP contribution is 2.23. The summed E-state index contributed by atoms with van der Waals surface area (Å²) in [5.41, 5.74) is 5.03. The Labute approximate surface area is 174 Å². The van der Waals surface area contributed by atoms with E-state index in [0.717, 1.165) is 33.6 Å². The van der Waals surface area contributed by atoms with Gasteiger partial charge in [0, 0.05) is 22.5 Å². The molecule has 0 saturated heterocycles. The topological polar surface area (TPSA) is 68.9 Å². The smallest absolute Gasteiger partial charge is 0.281 e. The minimum atomic E-state index is -0.187. The average Bonchev–Trinajstić information content (AvgIpc) is 2.97. The van der Waals surface area contributed by atoms with E-state index in [4.69, 9.17) is 0 Å². The first-order valence-corrected chi connectivity index (χ1v) is 9.87. The Morgan fingerprint density at radius 2 is 1.73 bits per heavy atom. The molecule has 0 aliphatic heterocycles. The van der Waals surface area contributed by atoms with Crippen LogP contribution in [0.5, 0.6) is 0 Å². The molecule has 0 unspecified atom stereocenters. The fourth-order valence-corrected chi connectivity index (χ4v) is 3.80. The first kappa shape index (κ1) is 19.6. The molecule has 4 rings (SSSR count). The lowest BCUT2D eigenvalue weighted by Gasteiger charge is -2.12. The molecule has 0 atom stereocenters. The van der Waals surface area contributed by atoms with Crippen molar-refractivity contribution in [3.8, 4) is 5.69 Å². The second-order valence-corrected chi connectivity index (χ2v) is 7.61. The molecule has 0 saturated carbocycles. The van der Waals surface area contributed by atoms with Crippen molar-refractivity contribution in [3.05, 3.63) is 87.6 Å². The lowest BCUT2D eigenvalue weighted by atomic mass is 10.1. The zero-order valence-corrected chi connectivity index (χ0v) is 17.6. The number of anilines is 1. The monoisotopic (exact) mass is 400 g/mol. The molecule has 1 amide bonds. The molecule has 2 heterocycles. The van der Waals surface area contributed by atoms with Crippen LogP contribution in [0.3, 0.4) is 0 Å². The predicted molar refractivity (Wildman–Crippen MR) is 119 cm³/mol. The molecule has 0 fully saturated rings. The molecule has 0 spiro atoms. The number of rotatable bonds is 4. The van der Waals surface area contributed by atoms with Crippen molar-refractivity contribution < 1.29 is 4.79 Å². The van der Waals surface area contributed by atoms with Gasteiger partial charge in [-0.25, -0.2) is 0 Å². The lowest BCUT2D eigenvalue weighted by molar-refractivity contribution is -0.116. The molecular formula is C24H24N4O2. The maximum Gasteiger partial charge on any atom is 0.281 e. The number of fused-ring (bicyclic) bond motifs is 1. The average molecular weight is 400 g/mol. The third-order valence-corrected chi connectivity index (χ3v) is 5.51. The van der Waals surface area contributed by atoms with Crippen LogP contribution < -0.4 is 10.9 Å². The molecule has 30 heavy (non-hydrogen) atoms. The molecule has 1 N–H and O–H groups in total. The number of hydrogen-bond donors (Lipinski definition) is 1. The predicted octanol–water partition coefficient (Wildman–Crippen LogP) is 4.06. The zero-order valence-electron chi connectivity index (χ0n) is 17.6. The van der Waals surface area contributed by atoms with E-state index in [-0.39, 0.29) is 18.0 Å². The van der Waals surface area contributed by atoms with Crippen LogP contribution in [0.2, 0.25) is 0 Å². The minimum absolute atomic E-state index is 0.129. The molecule has 6 nitrogen and oxygen atoms in total. The molecule has 2 aromatic carbocycles. The number of aromatic nitrogens is 3. The number of benzene rings is 2. The molecule has 0 aliphatic carbocycles. The van der Waals surface area contributed by atoms with Gasteiger partial charge in [-0.3, -0.25) is 9.59 Å². The number of nitrogens with zero attached hydrogens (tertiary/aromatic N) is 3. The Morgan fingerprint density at radius 3 is 2.47 bits per heavy atom. The molecule has 0 aliphatic rings. The van der Waals surface area contributed by atoms with Crippen LogP contribution in [-0.2, 0) is 11.3 Å². The van der Waals surface area contributed by atoms with Crippen LogP contribution >= 0.6 is 0 Å². The highest BCUT2D eigenvalue weighted by Gasteiger charge is 2.18. The highest BCUT2D eigenvalue weighted by molar-refractivity contribution is 5.93. The minimum Gasteiger partial charge on any atom is -0.338 e. The third-order valence-electron chi connectivity index (χ3n) is 5.51. The van der Waals surface area contributed by atoms with Gasteiger partial charge in [-0.05, 0) is 57.0 Å². The molecule has 6 heteroatoms. The Balaban J connectivity index is 1.71. The van der Waals surface area contributed by atoms with Crippen LogP contribution in [0.1, 0.15) is 22.5 Å². The Hall–Kier alpha value is -3.67. The maximum atomic E-state index is 13.2. The van der Waals surface area contributed by atoms with Crippen LogP contribution in [0.4, 0.5) is 5.69 Å². The van der Waals surface area contributed by atoms with Crippen molar-refractivity contribution in [2.45, 2.75) is 34.2 Å². The third kappa shape index (κ3) is 3.41. The summed E-state index contributed by atoms with van der Waals surface area (Å²) in [7, 11) is 0. The van der Waals surface area contributed by atoms with Crippen molar-refractivity contribution >= 4 is 22.4 Å². The van der Waals surface area contributed by atoms with Gasteiger partial charge in [-0.1, -0.05) is 30.3 Å². The number of carbonyl (C=O) groups is 1. The summed E-state index contributed by atoms with van der Waals surface area (Å²) in [5, 5.41) is 8.70. The fourth-order valence-electron chi connectivity index (χ4n) is 3.80. The van der Waals surface area contributed by atoms with Crippen molar-refractivity contribution in [1.82, 2.24) is 14.3 Å². The molecule has 2 aromatic heterocycles. The Bertz CT molecular complexity index is 1320. The largest absolute Gasteiger partial charge is 0.338 e. The number of aryl methyl sites for hydroxylation is 4. The van der Waals surface area contributed by atoms with Gasteiger partial charge < -0.3 is 9.88 Å². The van der Waals surface area contributed by atoms with Gasteiger partial charge >= 0.3 is 0 Å². The summed E-state index contributed by atoms with van der Waals surface area (Å²) in [6.45, 7) is 7.87. The maximum absolute atomic E-state index is 13.2. The van der Waals surface area contributed by atoms with Crippen LogP contribution in [0, 0.1) is 27.7 Å². The van der Waals surface area contributed by atoms with E-state index in [1.807, 2.05) is 80.8 Å². The van der Waals surface area contributed by atoms with Crippen LogP contribution in [0.15, 0.2) is 59.5 Å². The van der Waals surface area contributed by atoms with E-state index >= 15 is 0 Å². The molecular weight excluding hydrogens is 376 g/mol. The summed E-state index contributed by atoms with van der Waals surface area (Å²) in [6, 6.07) is 15.3.